The van der Waals surface area contributed by atoms with Crippen LogP contribution in [-0.2, 0) is 0 Å². The standard InChI is InChI=1S/C14H19N3/c1-2-8-13(9-3-1)17-11-15-16-14(17)10-12-6-4-5-7-12/h1-3,8-9,12,15H,4-7,10-11H2. The van der Waals surface area contributed by atoms with E-state index >= 15 is 0 Å². The van der Waals surface area contributed by atoms with E-state index in [1.54, 1.807) is 0 Å². The Bertz CT molecular complexity index is 393. The molecule has 1 aliphatic carbocycles. The smallest absolute Gasteiger partial charge is 0.131 e. The summed E-state index contributed by atoms with van der Waals surface area (Å²) in [5.41, 5.74) is 4.35. The number of hydrogen-bond donors (Lipinski definition) is 1. The second-order valence-electron chi connectivity index (χ2n) is 4.96. The molecular weight excluding hydrogens is 210 g/mol. The molecule has 90 valence electrons. The van der Waals surface area contributed by atoms with Crippen LogP contribution in [0.4, 0.5) is 5.69 Å². The number of benzene rings is 1. The van der Waals surface area contributed by atoms with E-state index in [9.17, 15) is 0 Å². The Kier molecular flexibility index (Phi) is 2.99. The fourth-order valence-electron chi connectivity index (χ4n) is 2.83. The third kappa shape index (κ3) is 2.28. The normalized spacial score (nSPS) is 20.5. The molecule has 0 saturated heterocycles. The molecule has 0 radical (unpaired) electrons. The van der Waals surface area contributed by atoms with Gasteiger partial charge in [0.2, 0.25) is 0 Å². The van der Waals surface area contributed by atoms with Gasteiger partial charge in [-0.2, -0.15) is 5.10 Å². The Labute approximate surface area is 103 Å². The van der Waals surface area contributed by atoms with Crippen LogP contribution < -0.4 is 10.3 Å². The fourth-order valence-corrected chi connectivity index (χ4v) is 2.83. The Balaban J connectivity index is 1.71. The van der Waals surface area contributed by atoms with Crippen molar-refractivity contribution in [2.24, 2.45) is 11.0 Å². The van der Waals surface area contributed by atoms with Crippen LogP contribution in [0.25, 0.3) is 0 Å². The first-order chi connectivity index (χ1) is 8.43. The van der Waals surface area contributed by atoms with E-state index in [4.69, 9.17) is 0 Å². The van der Waals surface area contributed by atoms with Crippen molar-refractivity contribution in [1.82, 2.24) is 5.43 Å². The van der Waals surface area contributed by atoms with Gasteiger partial charge in [0.05, 0.1) is 0 Å². The summed E-state index contributed by atoms with van der Waals surface area (Å²) < 4.78 is 0. The third-order valence-corrected chi connectivity index (χ3v) is 3.76. The Morgan fingerprint density at radius 3 is 2.71 bits per heavy atom. The lowest BCUT2D eigenvalue weighted by atomic mass is 10.0. The van der Waals surface area contributed by atoms with Crippen molar-refractivity contribution >= 4 is 11.5 Å². The second kappa shape index (κ2) is 4.78. The number of rotatable bonds is 3. The zero-order chi connectivity index (χ0) is 11.5. The molecule has 1 N–H and O–H groups in total. The number of hydrogen-bond acceptors (Lipinski definition) is 3. The summed E-state index contributed by atoms with van der Waals surface area (Å²) in [6.45, 7) is 0.812. The van der Waals surface area contributed by atoms with Crippen LogP contribution >= 0.6 is 0 Å². The number of hydrazone groups is 1. The Morgan fingerprint density at radius 1 is 1.18 bits per heavy atom. The maximum atomic E-state index is 4.45. The largest absolute Gasteiger partial charge is 0.309 e. The molecule has 2 aliphatic rings. The summed E-state index contributed by atoms with van der Waals surface area (Å²) in [4.78, 5) is 2.29. The van der Waals surface area contributed by atoms with Crippen LogP contribution in [0.3, 0.4) is 0 Å². The van der Waals surface area contributed by atoms with Gasteiger partial charge < -0.3 is 4.90 Å². The van der Waals surface area contributed by atoms with Gasteiger partial charge in [-0.3, -0.25) is 5.43 Å². The summed E-state index contributed by atoms with van der Waals surface area (Å²) in [6.07, 6.45) is 6.68. The van der Waals surface area contributed by atoms with Gasteiger partial charge in [0, 0.05) is 12.1 Å². The lowest BCUT2D eigenvalue weighted by molar-refractivity contribution is 0.570. The average molecular weight is 229 g/mol. The van der Waals surface area contributed by atoms with Gasteiger partial charge in [-0.1, -0.05) is 43.9 Å². The minimum absolute atomic E-state index is 0.812. The maximum Gasteiger partial charge on any atom is 0.131 e. The highest BCUT2D eigenvalue weighted by Gasteiger charge is 2.24. The molecular formula is C14H19N3. The zero-order valence-electron chi connectivity index (χ0n) is 10.1. The SMILES string of the molecule is c1ccc(N2CNN=C2CC2CCCC2)cc1. The molecule has 0 amide bonds. The minimum atomic E-state index is 0.812. The third-order valence-electron chi connectivity index (χ3n) is 3.76. The van der Waals surface area contributed by atoms with E-state index in [2.05, 4.69) is 45.8 Å². The summed E-state index contributed by atoms with van der Waals surface area (Å²) >= 11 is 0. The van der Waals surface area contributed by atoms with Gasteiger partial charge in [0.15, 0.2) is 0 Å². The summed E-state index contributed by atoms with van der Waals surface area (Å²) in [7, 11) is 0. The molecule has 3 nitrogen and oxygen atoms in total. The predicted molar refractivity (Wildman–Crippen MR) is 70.9 cm³/mol. The van der Waals surface area contributed by atoms with Crippen LogP contribution in [0.15, 0.2) is 35.4 Å². The molecule has 0 spiro atoms. The Hall–Kier alpha value is -1.51. The van der Waals surface area contributed by atoms with E-state index < -0.39 is 0 Å². The number of nitrogens with one attached hydrogen (secondary N) is 1. The number of amidine groups is 1. The van der Waals surface area contributed by atoms with Gasteiger partial charge in [-0.05, 0) is 18.1 Å². The average Bonchev–Trinajstić information content (AvgIpc) is 3.02. The molecule has 1 aromatic rings. The topological polar surface area (TPSA) is 27.6 Å². The van der Waals surface area contributed by atoms with E-state index in [-0.39, 0.29) is 0 Å². The van der Waals surface area contributed by atoms with Crippen molar-refractivity contribution in [3.8, 4) is 0 Å². The highest BCUT2D eigenvalue weighted by atomic mass is 15.5. The van der Waals surface area contributed by atoms with Gasteiger partial charge in [0.25, 0.3) is 0 Å². The molecule has 1 saturated carbocycles. The first-order valence-corrected chi connectivity index (χ1v) is 6.55. The van der Waals surface area contributed by atoms with Crippen LogP contribution in [0.5, 0.6) is 0 Å². The minimum Gasteiger partial charge on any atom is -0.309 e. The molecule has 3 rings (SSSR count). The molecule has 1 heterocycles. The number of anilines is 1. The summed E-state index contributed by atoms with van der Waals surface area (Å²) in [5.74, 6) is 2.06. The predicted octanol–water partition coefficient (Wildman–Crippen LogP) is 2.95. The maximum absolute atomic E-state index is 4.45. The first kappa shape index (κ1) is 10.6. The number of nitrogens with zero attached hydrogens (tertiary/aromatic N) is 2. The first-order valence-electron chi connectivity index (χ1n) is 6.55. The highest BCUT2D eigenvalue weighted by molar-refractivity contribution is 5.98. The summed E-state index contributed by atoms with van der Waals surface area (Å²) in [5, 5.41) is 4.45. The van der Waals surface area contributed by atoms with Crippen molar-refractivity contribution in [1.29, 1.82) is 0 Å². The second-order valence-corrected chi connectivity index (χ2v) is 4.96. The molecule has 17 heavy (non-hydrogen) atoms. The molecule has 1 aromatic carbocycles. The molecule has 3 heteroatoms. The molecule has 0 aromatic heterocycles. The van der Waals surface area contributed by atoms with Gasteiger partial charge in [0.1, 0.15) is 12.5 Å². The van der Waals surface area contributed by atoms with Crippen LogP contribution in [-0.4, -0.2) is 12.5 Å². The fraction of sp³-hybridized carbons (Fsp3) is 0.500. The Morgan fingerprint density at radius 2 is 1.94 bits per heavy atom. The molecule has 0 atom stereocenters. The molecule has 0 unspecified atom stereocenters. The number of para-hydroxylation sites is 1. The summed E-state index contributed by atoms with van der Waals surface area (Å²) in [6, 6.07) is 10.5. The lowest BCUT2D eigenvalue weighted by Crippen LogP contribution is -2.30. The van der Waals surface area contributed by atoms with Gasteiger partial charge in [-0.15, -0.1) is 0 Å². The molecule has 0 bridgehead atoms. The van der Waals surface area contributed by atoms with E-state index in [0.717, 1.165) is 19.0 Å². The monoisotopic (exact) mass is 229 g/mol. The van der Waals surface area contributed by atoms with Crippen molar-refractivity contribution in [2.75, 3.05) is 11.6 Å². The zero-order valence-corrected chi connectivity index (χ0v) is 10.1. The molecule has 1 fully saturated rings. The quantitative estimate of drug-likeness (QED) is 0.863. The highest BCUT2D eigenvalue weighted by Crippen LogP contribution is 2.29. The van der Waals surface area contributed by atoms with Crippen molar-refractivity contribution in [3.63, 3.8) is 0 Å². The van der Waals surface area contributed by atoms with E-state index in [1.165, 1.54) is 37.2 Å². The van der Waals surface area contributed by atoms with Crippen molar-refractivity contribution in [2.45, 2.75) is 32.1 Å². The van der Waals surface area contributed by atoms with Crippen molar-refractivity contribution in [3.05, 3.63) is 30.3 Å². The van der Waals surface area contributed by atoms with Crippen LogP contribution in [0.2, 0.25) is 0 Å². The van der Waals surface area contributed by atoms with Gasteiger partial charge >= 0.3 is 0 Å². The lowest BCUT2D eigenvalue weighted by Gasteiger charge is -2.20. The van der Waals surface area contributed by atoms with Crippen LogP contribution in [0.1, 0.15) is 32.1 Å². The van der Waals surface area contributed by atoms with E-state index in [1.807, 2.05) is 0 Å². The van der Waals surface area contributed by atoms with Crippen LogP contribution in [0, 0.1) is 5.92 Å². The van der Waals surface area contributed by atoms with Gasteiger partial charge in [-0.25, -0.2) is 0 Å². The van der Waals surface area contributed by atoms with E-state index in [0.29, 0.717) is 0 Å². The van der Waals surface area contributed by atoms with Crippen molar-refractivity contribution < 1.29 is 0 Å². The molecule has 1 aliphatic heterocycles.